The number of nitrogens with one attached hydrogen (secondary N) is 2. The van der Waals surface area contributed by atoms with E-state index in [-0.39, 0.29) is 0 Å². The normalized spacial score (nSPS) is 17.3. The van der Waals surface area contributed by atoms with Crippen molar-refractivity contribution >= 4 is 54.5 Å². The average Bonchev–Trinajstić information content (AvgIpc) is 3.49. The fourth-order valence-corrected chi connectivity index (χ4v) is 7.75. The number of hydrogen-bond acceptors (Lipinski definition) is 11. The number of sulfone groups is 1. The van der Waals surface area contributed by atoms with Crippen molar-refractivity contribution in [3.8, 4) is 5.75 Å². The average molecular weight is 622 g/mol. The molecule has 4 heterocycles. The quantitative estimate of drug-likeness (QED) is 0.274. The van der Waals surface area contributed by atoms with Gasteiger partial charge in [0.05, 0.1) is 27.9 Å². The number of rotatable bonds is 9. The van der Waals surface area contributed by atoms with E-state index in [2.05, 4.69) is 44.5 Å². The lowest BCUT2D eigenvalue weighted by Gasteiger charge is -2.42. The van der Waals surface area contributed by atoms with Crippen molar-refractivity contribution in [2.45, 2.75) is 30.3 Å². The van der Waals surface area contributed by atoms with Crippen LogP contribution in [0.1, 0.15) is 18.4 Å². The Hall–Kier alpha value is -3.45. The third-order valence-corrected chi connectivity index (χ3v) is 10.5. The number of anilines is 4. The number of fused-ring (bicyclic) bond motifs is 1. The topological polar surface area (TPSA) is 103 Å². The lowest BCUT2D eigenvalue weighted by molar-refractivity contribution is 0.0982. The summed E-state index contributed by atoms with van der Waals surface area (Å²) in [6, 6.07) is 15.9. The molecule has 10 nitrogen and oxygen atoms in total. The Morgan fingerprint density at radius 3 is 2.51 bits per heavy atom. The Morgan fingerprint density at radius 2 is 1.77 bits per heavy atom. The zero-order chi connectivity index (χ0) is 30.0. The van der Waals surface area contributed by atoms with Crippen LogP contribution in [0.15, 0.2) is 58.8 Å². The summed E-state index contributed by atoms with van der Waals surface area (Å²) in [4.78, 5) is 17.3. The highest BCUT2D eigenvalue weighted by molar-refractivity contribution is 7.90. The van der Waals surface area contributed by atoms with Crippen molar-refractivity contribution in [1.82, 2.24) is 19.8 Å². The summed E-state index contributed by atoms with van der Waals surface area (Å²) in [6.07, 6.45) is 3.57. The summed E-state index contributed by atoms with van der Waals surface area (Å²) in [6.45, 7) is 7.02. The number of benzene rings is 2. The SMILES string of the molecule is COc1cc(N2CCC(N3CCN(C)CC3)CC2)ccc1Nc1nc(NCc2ccccc2S(C)(=O)=O)c2sccc2n1. The van der Waals surface area contributed by atoms with Crippen LogP contribution >= 0.6 is 11.3 Å². The smallest absolute Gasteiger partial charge is 0.229 e. The Morgan fingerprint density at radius 1 is 1.00 bits per heavy atom. The molecule has 4 aromatic rings. The molecule has 6 rings (SSSR count). The van der Waals surface area contributed by atoms with Gasteiger partial charge in [0.1, 0.15) is 11.6 Å². The van der Waals surface area contributed by atoms with Crippen molar-refractivity contribution in [1.29, 1.82) is 0 Å². The minimum absolute atomic E-state index is 0.311. The summed E-state index contributed by atoms with van der Waals surface area (Å²) < 4.78 is 31.3. The number of nitrogens with zero attached hydrogens (tertiary/aromatic N) is 5. The van der Waals surface area contributed by atoms with Gasteiger partial charge in [0.2, 0.25) is 5.95 Å². The second-order valence-corrected chi connectivity index (χ2v) is 14.2. The molecule has 0 bridgehead atoms. The Bertz CT molecular complexity index is 1680. The highest BCUT2D eigenvalue weighted by atomic mass is 32.2. The number of thiophene rings is 1. The van der Waals surface area contributed by atoms with Crippen LogP contribution in [-0.4, -0.2) is 93.9 Å². The summed E-state index contributed by atoms with van der Waals surface area (Å²) in [7, 11) is 0.535. The molecule has 2 aromatic heterocycles. The molecule has 0 atom stereocenters. The van der Waals surface area contributed by atoms with Gasteiger partial charge in [0.25, 0.3) is 0 Å². The minimum atomic E-state index is -3.35. The highest BCUT2D eigenvalue weighted by Gasteiger charge is 2.27. The fourth-order valence-electron chi connectivity index (χ4n) is 6.01. The van der Waals surface area contributed by atoms with Crippen LogP contribution in [0.3, 0.4) is 0 Å². The van der Waals surface area contributed by atoms with Crippen molar-refractivity contribution in [2.75, 3.05) is 75.2 Å². The summed E-state index contributed by atoms with van der Waals surface area (Å²) >= 11 is 1.54. The number of piperidine rings is 1. The first-order valence-corrected chi connectivity index (χ1v) is 17.5. The van der Waals surface area contributed by atoms with Gasteiger partial charge in [-0.25, -0.2) is 13.4 Å². The Labute approximate surface area is 257 Å². The van der Waals surface area contributed by atoms with E-state index >= 15 is 0 Å². The Balaban J connectivity index is 1.16. The van der Waals surface area contributed by atoms with Crippen LogP contribution in [0, 0.1) is 0 Å². The second kappa shape index (κ2) is 12.7. The lowest BCUT2D eigenvalue weighted by atomic mass is 10.0. The van der Waals surface area contributed by atoms with Gasteiger partial charge in [0.15, 0.2) is 9.84 Å². The standard InChI is InChI=1S/C31H39N7O3S2/c1-36-15-17-38(18-16-36)23-10-13-37(14-11-23)24-8-9-25(27(20-24)41-2)33-31-34-26-12-19-42-29(26)30(35-31)32-21-22-6-4-5-7-28(22)43(3,39)40/h4-9,12,19-20,23H,10-11,13-18,21H2,1-3H3,(H2,32,33,34,35). The first-order valence-electron chi connectivity index (χ1n) is 14.7. The number of hydrogen-bond donors (Lipinski definition) is 2. The molecule has 0 amide bonds. The molecule has 12 heteroatoms. The van der Waals surface area contributed by atoms with E-state index in [4.69, 9.17) is 14.7 Å². The van der Waals surface area contributed by atoms with Crippen LogP contribution in [-0.2, 0) is 16.4 Å². The van der Waals surface area contributed by atoms with E-state index in [1.807, 2.05) is 29.6 Å². The van der Waals surface area contributed by atoms with E-state index < -0.39 is 9.84 Å². The number of aromatic nitrogens is 2. The summed E-state index contributed by atoms with van der Waals surface area (Å²) in [5.74, 6) is 1.80. The number of piperazine rings is 1. The zero-order valence-corrected chi connectivity index (χ0v) is 26.5. The summed E-state index contributed by atoms with van der Waals surface area (Å²) in [5, 5.41) is 8.68. The molecule has 2 aromatic carbocycles. The van der Waals surface area contributed by atoms with Crippen molar-refractivity contribution in [2.24, 2.45) is 0 Å². The van der Waals surface area contributed by atoms with E-state index in [9.17, 15) is 8.42 Å². The highest BCUT2D eigenvalue weighted by Crippen LogP contribution is 2.35. The fraction of sp³-hybridized carbons (Fsp3) is 0.419. The van der Waals surface area contributed by atoms with Crippen LogP contribution < -0.4 is 20.3 Å². The zero-order valence-electron chi connectivity index (χ0n) is 24.9. The third-order valence-electron chi connectivity index (χ3n) is 8.44. The largest absolute Gasteiger partial charge is 0.494 e. The van der Waals surface area contributed by atoms with Gasteiger partial charge in [-0.1, -0.05) is 18.2 Å². The molecule has 2 N–H and O–H groups in total. The molecule has 2 aliphatic heterocycles. The molecular formula is C31H39N7O3S2. The third kappa shape index (κ3) is 6.72. The molecule has 43 heavy (non-hydrogen) atoms. The molecule has 0 radical (unpaired) electrons. The van der Waals surface area contributed by atoms with Gasteiger partial charge < -0.3 is 25.2 Å². The van der Waals surface area contributed by atoms with Crippen molar-refractivity contribution in [3.05, 3.63) is 59.5 Å². The van der Waals surface area contributed by atoms with E-state index in [0.29, 0.717) is 34.8 Å². The molecule has 0 aliphatic carbocycles. The van der Waals surface area contributed by atoms with Crippen LogP contribution in [0.2, 0.25) is 0 Å². The first-order chi connectivity index (χ1) is 20.8. The van der Waals surface area contributed by atoms with Gasteiger partial charge in [-0.2, -0.15) is 4.98 Å². The van der Waals surface area contributed by atoms with E-state index in [0.717, 1.165) is 53.5 Å². The monoisotopic (exact) mass is 621 g/mol. The molecule has 2 saturated heterocycles. The number of ether oxygens (including phenoxy) is 1. The van der Waals surface area contributed by atoms with Crippen LogP contribution in [0.4, 0.5) is 23.1 Å². The maximum Gasteiger partial charge on any atom is 0.229 e. The predicted octanol–water partition coefficient (Wildman–Crippen LogP) is 4.68. The number of methoxy groups -OCH3 is 1. The maximum absolute atomic E-state index is 12.3. The second-order valence-electron chi connectivity index (χ2n) is 11.3. The van der Waals surface area contributed by atoms with Gasteiger partial charge in [-0.15, -0.1) is 11.3 Å². The first kappa shape index (κ1) is 29.6. The minimum Gasteiger partial charge on any atom is -0.494 e. The van der Waals surface area contributed by atoms with Crippen LogP contribution in [0.5, 0.6) is 5.75 Å². The van der Waals surface area contributed by atoms with Crippen molar-refractivity contribution in [3.63, 3.8) is 0 Å². The molecule has 0 saturated carbocycles. The van der Waals surface area contributed by atoms with E-state index in [1.54, 1.807) is 19.2 Å². The van der Waals surface area contributed by atoms with Gasteiger partial charge in [-0.3, -0.25) is 4.90 Å². The molecule has 2 aliphatic rings. The Kier molecular flexibility index (Phi) is 8.71. The summed E-state index contributed by atoms with van der Waals surface area (Å²) in [5.41, 5.74) is 3.43. The van der Waals surface area contributed by atoms with Gasteiger partial charge in [0, 0.05) is 69.9 Å². The number of likely N-dealkylation sites (N-methyl/N-ethyl adjacent to an activating group) is 1. The van der Waals surface area contributed by atoms with Gasteiger partial charge in [-0.05, 0) is 55.1 Å². The molecule has 0 spiro atoms. The molecule has 0 unspecified atom stereocenters. The van der Waals surface area contributed by atoms with Crippen molar-refractivity contribution < 1.29 is 13.2 Å². The lowest BCUT2D eigenvalue weighted by Crippen LogP contribution is -2.52. The van der Waals surface area contributed by atoms with E-state index in [1.165, 1.54) is 43.5 Å². The van der Waals surface area contributed by atoms with Crippen LogP contribution in [0.25, 0.3) is 10.2 Å². The maximum atomic E-state index is 12.3. The predicted molar refractivity (Wildman–Crippen MR) is 175 cm³/mol. The van der Waals surface area contributed by atoms with Gasteiger partial charge >= 0.3 is 0 Å². The molecule has 228 valence electrons. The molecule has 2 fully saturated rings. The molecular weight excluding hydrogens is 583 g/mol.